The van der Waals surface area contributed by atoms with Crippen LogP contribution in [-0.4, -0.2) is 25.9 Å². The maximum Gasteiger partial charge on any atom is 0.294 e. The molecular formula is C22H17O6PS2. The summed E-state index contributed by atoms with van der Waals surface area (Å²) in [4.78, 5) is -0.405. The monoisotopic (exact) mass is 472 g/mol. The van der Waals surface area contributed by atoms with Gasteiger partial charge < -0.3 is 0 Å². The molecule has 0 amide bonds. The molecule has 4 aromatic carbocycles. The predicted octanol–water partition coefficient (Wildman–Crippen LogP) is 3.09. The summed E-state index contributed by atoms with van der Waals surface area (Å²) >= 11 is 0. The molecule has 6 nitrogen and oxygen atoms in total. The van der Waals surface area contributed by atoms with Crippen molar-refractivity contribution in [2.75, 3.05) is 0 Å². The number of hydrogen-bond donors (Lipinski definition) is 2. The average molecular weight is 472 g/mol. The van der Waals surface area contributed by atoms with Crippen molar-refractivity contribution in [3.8, 4) is 0 Å². The molecule has 0 aliphatic rings. The molecule has 4 aromatic rings. The molecule has 158 valence electrons. The summed E-state index contributed by atoms with van der Waals surface area (Å²) in [6.07, 6.45) is 0. The second-order valence-corrected chi connectivity index (χ2v) is 11.9. The van der Waals surface area contributed by atoms with E-state index in [0.29, 0.717) is 0 Å². The lowest BCUT2D eigenvalue weighted by Gasteiger charge is -2.20. The summed E-state index contributed by atoms with van der Waals surface area (Å²) < 4.78 is 64.2. The summed E-state index contributed by atoms with van der Waals surface area (Å²) in [7, 11) is -9.79. The summed E-state index contributed by atoms with van der Waals surface area (Å²) in [5, 5.41) is 4.73. The zero-order valence-electron chi connectivity index (χ0n) is 16.0. The maximum atomic E-state index is 11.4. The van der Waals surface area contributed by atoms with Gasteiger partial charge in [-0.05, 0) is 64.9 Å². The van der Waals surface area contributed by atoms with E-state index in [2.05, 4.69) is 6.07 Å². The number of hydrogen-bond acceptors (Lipinski definition) is 4. The van der Waals surface area contributed by atoms with Crippen molar-refractivity contribution in [3.63, 3.8) is 0 Å². The molecule has 0 bridgehead atoms. The Morgan fingerprint density at radius 2 is 0.935 bits per heavy atom. The molecule has 31 heavy (non-hydrogen) atoms. The van der Waals surface area contributed by atoms with Crippen molar-refractivity contribution in [1.29, 1.82) is 0 Å². The molecule has 0 fully saturated rings. The van der Waals surface area contributed by atoms with Gasteiger partial charge in [0.15, 0.2) is 0 Å². The topological polar surface area (TPSA) is 109 Å². The van der Waals surface area contributed by atoms with E-state index in [-0.39, 0.29) is 9.79 Å². The van der Waals surface area contributed by atoms with Gasteiger partial charge in [0.2, 0.25) is 0 Å². The van der Waals surface area contributed by atoms with E-state index < -0.39 is 28.2 Å². The third-order valence-corrected chi connectivity index (χ3v) is 8.94. The minimum absolute atomic E-state index is 0.202. The van der Waals surface area contributed by atoms with Crippen LogP contribution >= 0.6 is 7.92 Å². The molecule has 0 aliphatic carbocycles. The van der Waals surface area contributed by atoms with E-state index in [1.54, 1.807) is 24.3 Å². The molecule has 4 rings (SSSR count). The minimum Gasteiger partial charge on any atom is -0.282 e. The molecule has 9 heteroatoms. The van der Waals surface area contributed by atoms with Crippen LogP contribution in [0.2, 0.25) is 0 Å². The zero-order chi connectivity index (χ0) is 22.2. The first-order valence-electron chi connectivity index (χ1n) is 9.07. The lowest BCUT2D eigenvalue weighted by Crippen LogP contribution is -2.21. The predicted molar refractivity (Wildman–Crippen MR) is 122 cm³/mol. The Bertz CT molecular complexity index is 1390. The van der Waals surface area contributed by atoms with Crippen LogP contribution in [-0.2, 0) is 20.2 Å². The van der Waals surface area contributed by atoms with Gasteiger partial charge in [-0.3, -0.25) is 9.11 Å². The van der Waals surface area contributed by atoms with Gasteiger partial charge in [-0.2, -0.15) is 16.8 Å². The fourth-order valence-electron chi connectivity index (χ4n) is 3.30. The smallest absolute Gasteiger partial charge is 0.282 e. The largest absolute Gasteiger partial charge is 0.294 e. The number of fused-ring (bicyclic) bond motifs is 1. The highest BCUT2D eigenvalue weighted by Gasteiger charge is 2.19. The quantitative estimate of drug-likeness (QED) is 0.341. The fraction of sp³-hybridized carbons (Fsp3) is 0. The second-order valence-electron chi connectivity index (χ2n) is 6.80. The number of benzene rings is 4. The van der Waals surface area contributed by atoms with Crippen molar-refractivity contribution in [1.82, 2.24) is 0 Å². The normalized spacial score (nSPS) is 12.4. The van der Waals surface area contributed by atoms with Crippen molar-refractivity contribution in [2.24, 2.45) is 0 Å². The Kier molecular flexibility index (Phi) is 5.68. The molecule has 0 radical (unpaired) electrons. The Hall–Kier alpha value is -2.61. The van der Waals surface area contributed by atoms with Gasteiger partial charge in [0.05, 0.1) is 9.79 Å². The SMILES string of the molecule is O=S(=O)(O)c1ccc(P(c2ccc(S(=O)(=O)O)cc2)c2ccc3ccccc3c2)cc1. The molecule has 0 aliphatic heterocycles. The molecule has 0 saturated heterocycles. The molecular weight excluding hydrogens is 455 g/mol. The van der Waals surface area contributed by atoms with Gasteiger partial charge in [-0.15, -0.1) is 0 Å². The first-order chi connectivity index (χ1) is 14.6. The van der Waals surface area contributed by atoms with Gasteiger partial charge in [0.25, 0.3) is 20.2 Å². The van der Waals surface area contributed by atoms with Crippen LogP contribution in [0.25, 0.3) is 10.8 Å². The summed E-state index contributed by atoms with van der Waals surface area (Å²) in [6, 6.07) is 25.8. The van der Waals surface area contributed by atoms with Gasteiger partial charge in [-0.25, -0.2) is 0 Å². The van der Waals surface area contributed by atoms with Crippen molar-refractivity contribution < 1.29 is 25.9 Å². The summed E-state index contributed by atoms with van der Waals surface area (Å²) in [6.45, 7) is 0. The van der Waals surface area contributed by atoms with E-state index >= 15 is 0 Å². The molecule has 0 aromatic heterocycles. The van der Waals surface area contributed by atoms with Crippen LogP contribution in [0.3, 0.4) is 0 Å². The van der Waals surface area contributed by atoms with Crippen LogP contribution in [0.1, 0.15) is 0 Å². The van der Waals surface area contributed by atoms with E-state index in [1.807, 2.05) is 36.4 Å². The standard InChI is InChI=1S/C22H17O6PS2/c23-30(24,25)21-11-7-18(8-12-21)29(19-9-13-22(14-10-19)31(26,27)28)20-6-5-16-3-1-2-4-17(16)15-20/h1-15H,(H,23,24,25)(H,26,27,28). The highest BCUT2D eigenvalue weighted by molar-refractivity contribution is 7.86. The lowest BCUT2D eigenvalue weighted by atomic mass is 10.1. The second kappa shape index (κ2) is 8.15. The zero-order valence-corrected chi connectivity index (χ0v) is 18.5. The van der Waals surface area contributed by atoms with Crippen LogP contribution < -0.4 is 15.9 Å². The molecule has 0 spiro atoms. The van der Waals surface area contributed by atoms with Crippen LogP contribution in [0.5, 0.6) is 0 Å². The van der Waals surface area contributed by atoms with Crippen LogP contribution in [0.4, 0.5) is 0 Å². The molecule has 0 heterocycles. The van der Waals surface area contributed by atoms with E-state index in [1.165, 1.54) is 24.3 Å². The number of rotatable bonds is 5. The van der Waals surface area contributed by atoms with Gasteiger partial charge >= 0.3 is 0 Å². The average Bonchev–Trinajstić information content (AvgIpc) is 2.73. The van der Waals surface area contributed by atoms with Crippen molar-refractivity contribution in [3.05, 3.63) is 91.0 Å². The van der Waals surface area contributed by atoms with Gasteiger partial charge in [0, 0.05) is 0 Å². The Balaban J connectivity index is 1.87. The first kappa shape index (κ1) is 21.6. The van der Waals surface area contributed by atoms with Crippen molar-refractivity contribution in [2.45, 2.75) is 9.79 Å². The molecule has 0 saturated carbocycles. The Labute approximate surface area is 181 Å². The Morgan fingerprint density at radius 3 is 1.39 bits per heavy atom. The minimum atomic E-state index is -4.31. The summed E-state index contributed by atoms with van der Waals surface area (Å²) in [5.74, 6) is 0. The first-order valence-corrected chi connectivity index (χ1v) is 13.3. The highest BCUT2D eigenvalue weighted by Crippen LogP contribution is 2.34. The van der Waals surface area contributed by atoms with Gasteiger partial charge in [-0.1, -0.05) is 60.7 Å². The third-order valence-electron chi connectivity index (χ3n) is 4.78. The Morgan fingerprint density at radius 1 is 0.516 bits per heavy atom. The summed E-state index contributed by atoms with van der Waals surface area (Å²) in [5.41, 5.74) is 0. The van der Waals surface area contributed by atoms with Gasteiger partial charge in [0.1, 0.15) is 0 Å². The van der Waals surface area contributed by atoms with E-state index in [4.69, 9.17) is 0 Å². The highest BCUT2D eigenvalue weighted by atomic mass is 32.2. The van der Waals surface area contributed by atoms with Crippen LogP contribution in [0, 0.1) is 0 Å². The molecule has 0 atom stereocenters. The molecule has 2 N–H and O–H groups in total. The van der Waals surface area contributed by atoms with Crippen LogP contribution in [0.15, 0.2) is 101 Å². The van der Waals surface area contributed by atoms with E-state index in [0.717, 1.165) is 26.7 Å². The maximum absolute atomic E-state index is 11.4. The third kappa shape index (κ3) is 4.69. The van der Waals surface area contributed by atoms with E-state index in [9.17, 15) is 25.9 Å². The molecule has 0 unspecified atom stereocenters. The fourth-order valence-corrected chi connectivity index (χ4v) is 6.54. The van der Waals surface area contributed by atoms with Crippen molar-refractivity contribution >= 4 is 54.8 Å². The lowest BCUT2D eigenvalue weighted by molar-refractivity contribution is 0.481.